The summed E-state index contributed by atoms with van der Waals surface area (Å²) in [5.41, 5.74) is 9.10. The van der Waals surface area contributed by atoms with Gasteiger partial charge < -0.3 is 10.5 Å². The lowest BCUT2D eigenvalue weighted by atomic mass is 9.96. The van der Waals surface area contributed by atoms with Crippen molar-refractivity contribution in [2.75, 3.05) is 5.73 Å². The highest BCUT2D eigenvalue weighted by molar-refractivity contribution is 5.85. The van der Waals surface area contributed by atoms with Gasteiger partial charge in [0.05, 0.1) is 29.6 Å². The SMILES string of the molecule is Nc1cc(COC2CCC2)nc2cccnc12. The van der Waals surface area contributed by atoms with Crippen LogP contribution in [0.1, 0.15) is 25.0 Å². The second-order valence-electron chi connectivity index (χ2n) is 4.44. The molecule has 0 bridgehead atoms. The van der Waals surface area contributed by atoms with E-state index in [9.17, 15) is 0 Å². The molecule has 0 aliphatic heterocycles. The third kappa shape index (κ3) is 2.08. The molecular formula is C13H15N3O. The first-order chi connectivity index (χ1) is 8.33. The van der Waals surface area contributed by atoms with Gasteiger partial charge >= 0.3 is 0 Å². The Morgan fingerprint density at radius 1 is 1.41 bits per heavy atom. The first-order valence-corrected chi connectivity index (χ1v) is 5.94. The van der Waals surface area contributed by atoms with Crippen LogP contribution in [0.2, 0.25) is 0 Å². The van der Waals surface area contributed by atoms with Gasteiger partial charge in [0.25, 0.3) is 0 Å². The van der Waals surface area contributed by atoms with E-state index in [1.54, 1.807) is 6.20 Å². The number of rotatable bonds is 3. The van der Waals surface area contributed by atoms with Crippen molar-refractivity contribution in [3.05, 3.63) is 30.1 Å². The topological polar surface area (TPSA) is 61.0 Å². The highest BCUT2D eigenvalue weighted by Gasteiger charge is 2.18. The molecule has 2 aromatic heterocycles. The van der Waals surface area contributed by atoms with E-state index in [1.807, 2.05) is 18.2 Å². The van der Waals surface area contributed by atoms with Crippen LogP contribution in [-0.4, -0.2) is 16.1 Å². The summed E-state index contributed by atoms with van der Waals surface area (Å²) in [6.07, 6.45) is 5.77. The predicted molar refractivity (Wildman–Crippen MR) is 66.4 cm³/mol. The van der Waals surface area contributed by atoms with Gasteiger partial charge in [-0.3, -0.25) is 4.98 Å². The molecule has 0 aromatic carbocycles. The predicted octanol–water partition coefficient (Wildman–Crippen LogP) is 2.28. The Hall–Kier alpha value is -1.68. The van der Waals surface area contributed by atoms with E-state index in [1.165, 1.54) is 19.3 Å². The van der Waals surface area contributed by atoms with Gasteiger partial charge in [0.15, 0.2) is 0 Å². The van der Waals surface area contributed by atoms with Crippen LogP contribution < -0.4 is 5.73 Å². The van der Waals surface area contributed by atoms with Crippen LogP contribution in [0, 0.1) is 0 Å². The third-order valence-corrected chi connectivity index (χ3v) is 3.17. The molecule has 4 nitrogen and oxygen atoms in total. The van der Waals surface area contributed by atoms with Crippen molar-refractivity contribution in [1.29, 1.82) is 0 Å². The van der Waals surface area contributed by atoms with Gasteiger partial charge in [0.2, 0.25) is 0 Å². The van der Waals surface area contributed by atoms with E-state index in [4.69, 9.17) is 10.5 Å². The van der Waals surface area contributed by atoms with Crippen molar-refractivity contribution in [3.63, 3.8) is 0 Å². The third-order valence-electron chi connectivity index (χ3n) is 3.17. The molecule has 1 aliphatic carbocycles. The number of hydrogen-bond donors (Lipinski definition) is 1. The summed E-state index contributed by atoms with van der Waals surface area (Å²) >= 11 is 0. The zero-order chi connectivity index (χ0) is 11.7. The van der Waals surface area contributed by atoms with Crippen LogP contribution >= 0.6 is 0 Å². The molecule has 2 N–H and O–H groups in total. The Bertz CT molecular complexity index is 537. The van der Waals surface area contributed by atoms with Crippen LogP contribution in [0.3, 0.4) is 0 Å². The Morgan fingerprint density at radius 3 is 3.06 bits per heavy atom. The van der Waals surface area contributed by atoms with Crippen LogP contribution in [0.5, 0.6) is 0 Å². The summed E-state index contributed by atoms with van der Waals surface area (Å²) in [6, 6.07) is 5.64. The van der Waals surface area contributed by atoms with Gasteiger partial charge in [-0.1, -0.05) is 0 Å². The van der Waals surface area contributed by atoms with Gasteiger partial charge in [-0.2, -0.15) is 0 Å². The van der Waals surface area contributed by atoms with E-state index in [0.717, 1.165) is 16.7 Å². The smallest absolute Gasteiger partial charge is 0.112 e. The monoisotopic (exact) mass is 229 g/mol. The molecule has 1 fully saturated rings. The van der Waals surface area contributed by atoms with E-state index in [2.05, 4.69) is 9.97 Å². The normalized spacial score (nSPS) is 16.0. The summed E-state index contributed by atoms with van der Waals surface area (Å²) in [4.78, 5) is 8.72. The van der Waals surface area contributed by atoms with Crippen molar-refractivity contribution in [2.24, 2.45) is 0 Å². The zero-order valence-corrected chi connectivity index (χ0v) is 9.60. The number of ether oxygens (including phenoxy) is 1. The number of fused-ring (bicyclic) bond motifs is 1. The number of nitrogen functional groups attached to an aromatic ring is 1. The molecule has 0 radical (unpaired) electrons. The molecule has 2 heterocycles. The molecule has 2 aromatic rings. The molecule has 0 amide bonds. The Balaban J connectivity index is 1.84. The second-order valence-corrected chi connectivity index (χ2v) is 4.44. The van der Waals surface area contributed by atoms with Crippen molar-refractivity contribution in [3.8, 4) is 0 Å². The molecule has 1 aliphatic rings. The summed E-state index contributed by atoms with van der Waals surface area (Å²) in [5.74, 6) is 0. The summed E-state index contributed by atoms with van der Waals surface area (Å²) in [7, 11) is 0. The van der Waals surface area contributed by atoms with Crippen molar-refractivity contribution >= 4 is 16.7 Å². The molecule has 3 rings (SSSR count). The minimum atomic E-state index is 0.419. The lowest BCUT2D eigenvalue weighted by Crippen LogP contribution is -2.21. The van der Waals surface area contributed by atoms with E-state index in [-0.39, 0.29) is 0 Å². The van der Waals surface area contributed by atoms with Crippen molar-refractivity contribution in [1.82, 2.24) is 9.97 Å². The molecule has 0 atom stereocenters. The second kappa shape index (κ2) is 4.30. The van der Waals surface area contributed by atoms with Gasteiger partial charge in [0, 0.05) is 6.20 Å². The maximum Gasteiger partial charge on any atom is 0.112 e. The lowest BCUT2D eigenvalue weighted by molar-refractivity contribution is -0.00996. The first-order valence-electron chi connectivity index (χ1n) is 5.94. The maximum atomic E-state index is 5.95. The highest BCUT2D eigenvalue weighted by Crippen LogP contribution is 2.24. The van der Waals surface area contributed by atoms with Gasteiger partial charge in [-0.05, 0) is 37.5 Å². The van der Waals surface area contributed by atoms with Gasteiger partial charge in [-0.25, -0.2) is 4.98 Å². The molecule has 17 heavy (non-hydrogen) atoms. The molecule has 1 saturated carbocycles. The number of hydrogen-bond acceptors (Lipinski definition) is 4. The molecule has 0 unspecified atom stereocenters. The van der Waals surface area contributed by atoms with Crippen molar-refractivity contribution < 1.29 is 4.74 Å². The van der Waals surface area contributed by atoms with Crippen molar-refractivity contribution in [2.45, 2.75) is 32.0 Å². The first kappa shape index (κ1) is 10.5. The fraction of sp³-hybridized carbons (Fsp3) is 0.385. The fourth-order valence-electron chi connectivity index (χ4n) is 1.96. The molecule has 0 spiro atoms. The Kier molecular flexibility index (Phi) is 2.65. The van der Waals surface area contributed by atoms with Gasteiger partial charge in [-0.15, -0.1) is 0 Å². The fourth-order valence-corrected chi connectivity index (χ4v) is 1.96. The highest BCUT2D eigenvalue weighted by atomic mass is 16.5. The average Bonchev–Trinajstić information content (AvgIpc) is 2.27. The van der Waals surface area contributed by atoms with Crippen LogP contribution in [-0.2, 0) is 11.3 Å². The number of nitrogens with zero attached hydrogens (tertiary/aromatic N) is 2. The van der Waals surface area contributed by atoms with Crippen LogP contribution in [0.4, 0.5) is 5.69 Å². The minimum absolute atomic E-state index is 0.419. The maximum absolute atomic E-state index is 5.95. The molecule has 4 heteroatoms. The molecular weight excluding hydrogens is 214 g/mol. The summed E-state index contributed by atoms with van der Waals surface area (Å²) < 4.78 is 5.73. The standard InChI is InChI=1S/C13H15N3O/c14-11-7-9(8-17-10-3-1-4-10)16-12-5-2-6-15-13(11)12/h2,5-7,10H,1,3-4,8H2,(H2,14,16). The average molecular weight is 229 g/mol. The van der Waals surface area contributed by atoms with Crippen LogP contribution in [0.15, 0.2) is 24.4 Å². The number of aromatic nitrogens is 2. The van der Waals surface area contributed by atoms with E-state index >= 15 is 0 Å². The summed E-state index contributed by atoms with van der Waals surface area (Å²) in [5, 5.41) is 0. The molecule has 0 saturated heterocycles. The molecule has 88 valence electrons. The van der Waals surface area contributed by atoms with E-state index in [0.29, 0.717) is 18.4 Å². The quantitative estimate of drug-likeness (QED) is 0.877. The Labute approximate surface area is 99.8 Å². The number of pyridine rings is 2. The minimum Gasteiger partial charge on any atom is -0.397 e. The van der Waals surface area contributed by atoms with E-state index < -0.39 is 0 Å². The lowest BCUT2D eigenvalue weighted by Gasteiger charge is -2.25. The number of nitrogens with two attached hydrogens (primary N) is 1. The van der Waals surface area contributed by atoms with Crippen LogP contribution in [0.25, 0.3) is 11.0 Å². The largest absolute Gasteiger partial charge is 0.397 e. The Morgan fingerprint density at radius 2 is 2.29 bits per heavy atom. The summed E-state index contributed by atoms with van der Waals surface area (Å²) in [6.45, 7) is 0.541. The number of anilines is 1. The zero-order valence-electron chi connectivity index (χ0n) is 9.60. The van der Waals surface area contributed by atoms with Gasteiger partial charge in [0.1, 0.15) is 5.52 Å².